The average molecular weight is 246 g/mol. The van der Waals surface area contributed by atoms with Crippen LogP contribution in [0.15, 0.2) is 48.5 Å². The molecule has 0 fully saturated rings. The van der Waals surface area contributed by atoms with Crippen molar-refractivity contribution in [3.63, 3.8) is 0 Å². The lowest BCUT2D eigenvalue weighted by Gasteiger charge is -2.13. The Bertz CT molecular complexity index is 509. The van der Waals surface area contributed by atoms with Crippen LogP contribution in [0.5, 0.6) is 5.75 Å². The summed E-state index contributed by atoms with van der Waals surface area (Å²) in [4.78, 5) is 0. The van der Waals surface area contributed by atoms with E-state index in [9.17, 15) is 9.50 Å². The SMILES string of the molecule is CC(O)c1ccc(F)cc1OCc1ccccc1. The fourth-order valence-electron chi connectivity index (χ4n) is 1.71. The molecule has 2 rings (SSSR count). The molecule has 1 atom stereocenters. The van der Waals surface area contributed by atoms with Gasteiger partial charge in [-0.3, -0.25) is 0 Å². The first kappa shape index (κ1) is 12.6. The smallest absolute Gasteiger partial charge is 0.128 e. The Morgan fingerprint density at radius 1 is 1.17 bits per heavy atom. The van der Waals surface area contributed by atoms with Gasteiger partial charge in [-0.25, -0.2) is 4.39 Å². The summed E-state index contributed by atoms with van der Waals surface area (Å²) in [6.45, 7) is 1.98. The van der Waals surface area contributed by atoms with Crippen molar-refractivity contribution in [1.29, 1.82) is 0 Å². The number of benzene rings is 2. The zero-order chi connectivity index (χ0) is 13.0. The van der Waals surface area contributed by atoms with Crippen molar-refractivity contribution in [3.05, 3.63) is 65.5 Å². The van der Waals surface area contributed by atoms with E-state index < -0.39 is 6.10 Å². The van der Waals surface area contributed by atoms with E-state index in [2.05, 4.69) is 0 Å². The molecule has 0 aromatic heterocycles. The maximum Gasteiger partial charge on any atom is 0.128 e. The van der Waals surface area contributed by atoms with Crippen LogP contribution >= 0.6 is 0 Å². The normalized spacial score (nSPS) is 12.2. The molecule has 18 heavy (non-hydrogen) atoms. The molecule has 2 aromatic carbocycles. The maximum atomic E-state index is 13.2. The second-order valence-electron chi connectivity index (χ2n) is 4.13. The van der Waals surface area contributed by atoms with Crippen LogP contribution in [0.1, 0.15) is 24.2 Å². The van der Waals surface area contributed by atoms with Crippen molar-refractivity contribution in [2.75, 3.05) is 0 Å². The van der Waals surface area contributed by atoms with E-state index in [0.717, 1.165) is 5.56 Å². The van der Waals surface area contributed by atoms with Crippen LogP contribution in [0, 0.1) is 5.82 Å². The van der Waals surface area contributed by atoms with Crippen LogP contribution in [0.4, 0.5) is 4.39 Å². The summed E-state index contributed by atoms with van der Waals surface area (Å²) >= 11 is 0. The van der Waals surface area contributed by atoms with Gasteiger partial charge in [0, 0.05) is 11.6 Å². The summed E-state index contributed by atoms with van der Waals surface area (Å²) in [7, 11) is 0. The minimum absolute atomic E-state index is 0.351. The second kappa shape index (κ2) is 5.65. The number of ether oxygens (including phenoxy) is 1. The van der Waals surface area contributed by atoms with E-state index in [-0.39, 0.29) is 5.82 Å². The van der Waals surface area contributed by atoms with E-state index in [1.165, 1.54) is 12.1 Å². The van der Waals surface area contributed by atoms with Crippen molar-refractivity contribution in [1.82, 2.24) is 0 Å². The summed E-state index contributed by atoms with van der Waals surface area (Å²) < 4.78 is 18.7. The van der Waals surface area contributed by atoms with Crippen LogP contribution in [0.25, 0.3) is 0 Å². The molecule has 94 valence electrons. The predicted octanol–water partition coefficient (Wildman–Crippen LogP) is 3.46. The summed E-state index contributed by atoms with van der Waals surface area (Å²) in [6.07, 6.45) is -0.684. The zero-order valence-electron chi connectivity index (χ0n) is 10.1. The number of rotatable bonds is 4. The van der Waals surface area contributed by atoms with E-state index in [4.69, 9.17) is 4.74 Å². The van der Waals surface area contributed by atoms with Crippen LogP contribution in [0.3, 0.4) is 0 Å². The maximum absolute atomic E-state index is 13.2. The Labute approximate surface area is 106 Å². The highest BCUT2D eigenvalue weighted by molar-refractivity contribution is 5.35. The largest absolute Gasteiger partial charge is 0.488 e. The van der Waals surface area contributed by atoms with Crippen LogP contribution in [-0.4, -0.2) is 5.11 Å². The first-order valence-electron chi connectivity index (χ1n) is 5.81. The Morgan fingerprint density at radius 3 is 2.56 bits per heavy atom. The zero-order valence-corrected chi connectivity index (χ0v) is 10.1. The minimum atomic E-state index is -0.684. The van der Waals surface area contributed by atoms with Crippen LogP contribution < -0.4 is 4.74 Å². The van der Waals surface area contributed by atoms with Crippen molar-refractivity contribution in [3.8, 4) is 5.75 Å². The molecule has 0 radical (unpaired) electrons. The van der Waals surface area contributed by atoms with Gasteiger partial charge in [0.25, 0.3) is 0 Å². The van der Waals surface area contributed by atoms with Crippen molar-refractivity contribution >= 4 is 0 Å². The van der Waals surface area contributed by atoms with Crippen molar-refractivity contribution in [2.45, 2.75) is 19.6 Å². The standard InChI is InChI=1S/C15H15FO2/c1-11(17)14-8-7-13(16)9-15(14)18-10-12-5-3-2-4-6-12/h2-9,11,17H,10H2,1H3. The van der Waals surface area contributed by atoms with Gasteiger partial charge in [0.2, 0.25) is 0 Å². The lowest BCUT2D eigenvalue weighted by atomic mass is 10.1. The van der Waals surface area contributed by atoms with E-state index in [0.29, 0.717) is 17.9 Å². The molecule has 0 aliphatic heterocycles. The third-order valence-corrected chi connectivity index (χ3v) is 2.66. The van der Waals surface area contributed by atoms with Gasteiger partial charge in [0.05, 0.1) is 6.10 Å². The Hall–Kier alpha value is -1.87. The van der Waals surface area contributed by atoms with Gasteiger partial charge >= 0.3 is 0 Å². The summed E-state index contributed by atoms with van der Waals surface area (Å²) in [5, 5.41) is 9.59. The number of hydrogen-bond acceptors (Lipinski definition) is 2. The molecule has 0 aliphatic rings. The second-order valence-corrected chi connectivity index (χ2v) is 4.13. The van der Waals surface area contributed by atoms with Gasteiger partial charge in [-0.1, -0.05) is 30.3 Å². The van der Waals surface area contributed by atoms with Gasteiger partial charge in [-0.05, 0) is 24.6 Å². The first-order valence-corrected chi connectivity index (χ1v) is 5.81. The molecule has 0 spiro atoms. The van der Waals surface area contributed by atoms with Gasteiger partial charge < -0.3 is 9.84 Å². The highest BCUT2D eigenvalue weighted by Crippen LogP contribution is 2.26. The highest BCUT2D eigenvalue weighted by Gasteiger charge is 2.10. The summed E-state index contributed by atoms with van der Waals surface area (Å²) in [6, 6.07) is 13.8. The third kappa shape index (κ3) is 3.08. The lowest BCUT2D eigenvalue weighted by molar-refractivity contribution is 0.190. The Kier molecular flexibility index (Phi) is 3.95. The third-order valence-electron chi connectivity index (χ3n) is 2.66. The molecule has 3 heteroatoms. The summed E-state index contributed by atoms with van der Waals surface area (Å²) in [5.41, 5.74) is 1.59. The van der Waals surface area contributed by atoms with Gasteiger partial charge in [-0.2, -0.15) is 0 Å². The number of aliphatic hydroxyl groups is 1. The Balaban J connectivity index is 2.15. The molecular formula is C15H15FO2. The molecule has 2 nitrogen and oxygen atoms in total. The van der Waals surface area contributed by atoms with Gasteiger partial charge in [-0.15, -0.1) is 0 Å². The van der Waals surface area contributed by atoms with Gasteiger partial charge in [0.15, 0.2) is 0 Å². The molecule has 0 amide bonds. The van der Waals surface area contributed by atoms with E-state index >= 15 is 0 Å². The minimum Gasteiger partial charge on any atom is -0.488 e. The molecule has 0 saturated heterocycles. The fraction of sp³-hybridized carbons (Fsp3) is 0.200. The molecule has 0 heterocycles. The first-order chi connectivity index (χ1) is 8.66. The molecule has 2 aromatic rings. The lowest BCUT2D eigenvalue weighted by Crippen LogP contribution is -2.01. The molecular weight excluding hydrogens is 231 g/mol. The van der Waals surface area contributed by atoms with Crippen molar-refractivity contribution < 1.29 is 14.2 Å². The summed E-state index contributed by atoms with van der Waals surface area (Å²) in [5.74, 6) is 0.0105. The van der Waals surface area contributed by atoms with Crippen LogP contribution in [-0.2, 0) is 6.61 Å². The number of aliphatic hydroxyl groups excluding tert-OH is 1. The number of hydrogen-bond donors (Lipinski definition) is 1. The van der Waals surface area contributed by atoms with Crippen molar-refractivity contribution in [2.24, 2.45) is 0 Å². The molecule has 1 unspecified atom stereocenters. The topological polar surface area (TPSA) is 29.5 Å². The highest BCUT2D eigenvalue weighted by atomic mass is 19.1. The molecule has 0 saturated carbocycles. The van der Waals surface area contributed by atoms with E-state index in [1.807, 2.05) is 30.3 Å². The van der Waals surface area contributed by atoms with E-state index in [1.54, 1.807) is 13.0 Å². The van der Waals surface area contributed by atoms with Crippen LogP contribution in [0.2, 0.25) is 0 Å². The Morgan fingerprint density at radius 2 is 1.89 bits per heavy atom. The van der Waals surface area contributed by atoms with Gasteiger partial charge in [0.1, 0.15) is 18.2 Å². The fourth-order valence-corrected chi connectivity index (χ4v) is 1.71. The number of halogens is 1. The monoisotopic (exact) mass is 246 g/mol. The molecule has 0 aliphatic carbocycles. The predicted molar refractivity (Wildman–Crippen MR) is 67.8 cm³/mol. The average Bonchev–Trinajstić information content (AvgIpc) is 2.37. The quantitative estimate of drug-likeness (QED) is 0.895. The molecule has 0 bridgehead atoms. The molecule has 1 N–H and O–H groups in total.